The molecule has 0 aliphatic rings. The Morgan fingerprint density at radius 1 is 1.11 bits per heavy atom. The van der Waals surface area contributed by atoms with E-state index in [1.165, 1.54) is 6.07 Å². The molecule has 0 aliphatic heterocycles. The van der Waals surface area contributed by atoms with Gasteiger partial charge in [0.2, 0.25) is 5.75 Å². The highest BCUT2D eigenvalue weighted by atomic mass is 16.3. The maximum atomic E-state index is 9.70. The first-order valence-corrected chi connectivity index (χ1v) is 6.44. The van der Waals surface area contributed by atoms with Gasteiger partial charge in [0.15, 0.2) is 11.5 Å². The summed E-state index contributed by atoms with van der Waals surface area (Å²) >= 11 is 0. The van der Waals surface area contributed by atoms with Crippen molar-refractivity contribution >= 4 is 0 Å². The molecule has 0 spiro atoms. The number of hydrogen-bond donors (Lipinski definition) is 4. The van der Waals surface area contributed by atoms with E-state index in [1.54, 1.807) is 6.07 Å². The van der Waals surface area contributed by atoms with Gasteiger partial charge in [-0.1, -0.05) is 19.9 Å². The predicted octanol–water partition coefficient (Wildman–Crippen LogP) is 1.48. The van der Waals surface area contributed by atoms with Gasteiger partial charge in [0, 0.05) is 24.7 Å². The molecule has 0 fully saturated rings. The maximum Gasteiger partial charge on any atom is 0.200 e. The molecule has 1 rings (SSSR count). The van der Waals surface area contributed by atoms with Crippen molar-refractivity contribution in [2.45, 2.75) is 26.4 Å². The van der Waals surface area contributed by atoms with Crippen molar-refractivity contribution in [3.63, 3.8) is 0 Å². The van der Waals surface area contributed by atoms with Crippen molar-refractivity contribution in [3.8, 4) is 17.2 Å². The first-order valence-electron chi connectivity index (χ1n) is 6.44. The molecule has 1 aromatic carbocycles. The molecule has 0 heterocycles. The van der Waals surface area contributed by atoms with Gasteiger partial charge in [-0.25, -0.2) is 0 Å². The van der Waals surface area contributed by atoms with E-state index in [0.29, 0.717) is 24.1 Å². The van der Waals surface area contributed by atoms with Crippen LogP contribution in [0.15, 0.2) is 12.1 Å². The number of phenolic OH excluding ortho intramolecular Hbond substituents is 3. The molecule has 5 nitrogen and oxygen atoms in total. The van der Waals surface area contributed by atoms with Gasteiger partial charge in [0.05, 0.1) is 0 Å². The van der Waals surface area contributed by atoms with Crippen LogP contribution in [0.25, 0.3) is 0 Å². The van der Waals surface area contributed by atoms with Crippen molar-refractivity contribution < 1.29 is 15.3 Å². The van der Waals surface area contributed by atoms with Crippen LogP contribution in [-0.4, -0.2) is 46.9 Å². The van der Waals surface area contributed by atoms with Gasteiger partial charge in [-0.3, -0.25) is 0 Å². The van der Waals surface area contributed by atoms with Gasteiger partial charge in [0.1, 0.15) is 0 Å². The van der Waals surface area contributed by atoms with E-state index >= 15 is 0 Å². The largest absolute Gasteiger partial charge is 0.504 e. The third-order valence-corrected chi connectivity index (χ3v) is 3.32. The molecule has 0 bridgehead atoms. The second kappa shape index (κ2) is 6.63. The molecule has 1 unspecified atom stereocenters. The minimum absolute atomic E-state index is 0.265. The van der Waals surface area contributed by atoms with Gasteiger partial charge in [-0.2, -0.15) is 0 Å². The van der Waals surface area contributed by atoms with Crippen LogP contribution in [0.5, 0.6) is 17.2 Å². The van der Waals surface area contributed by atoms with E-state index in [2.05, 4.69) is 24.1 Å². The van der Waals surface area contributed by atoms with E-state index in [4.69, 9.17) is 0 Å². The summed E-state index contributed by atoms with van der Waals surface area (Å²) in [5, 5.41) is 31.6. The van der Waals surface area contributed by atoms with Crippen LogP contribution in [-0.2, 0) is 6.54 Å². The van der Waals surface area contributed by atoms with Crippen molar-refractivity contribution in [2.24, 2.45) is 5.92 Å². The van der Waals surface area contributed by atoms with Gasteiger partial charge >= 0.3 is 0 Å². The zero-order valence-electron chi connectivity index (χ0n) is 12.0. The monoisotopic (exact) mass is 268 g/mol. The van der Waals surface area contributed by atoms with Gasteiger partial charge in [-0.15, -0.1) is 0 Å². The Balaban J connectivity index is 2.60. The van der Waals surface area contributed by atoms with E-state index < -0.39 is 5.75 Å². The fraction of sp³-hybridized carbons (Fsp3) is 0.571. The smallest absolute Gasteiger partial charge is 0.200 e. The second-order valence-electron chi connectivity index (χ2n) is 5.35. The minimum atomic E-state index is -0.465. The highest BCUT2D eigenvalue weighted by Crippen LogP contribution is 2.36. The average molecular weight is 268 g/mol. The van der Waals surface area contributed by atoms with Crippen molar-refractivity contribution in [2.75, 3.05) is 20.6 Å². The summed E-state index contributed by atoms with van der Waals surface area (Å²) in [4.78, 5) is 2.16. The highest BCUT2D eigenvalue weighted by Gasteiger charge is 2.16. The maximum absolute atomic E-state index is 9.70. The van der Waals surface area contributed by atoms with E-state index in [0.717, 1.165) is 6.54 Å². The molecule has 1 aromatic rings. The molecule has 0 aromatic heterocycles. The average Bonchev–Trinajstić information content (AvgIpc) is 2.33. The standard InChI is InChI=1S/C14H24N2O3/c1-9(2)11(16(3)4)8-15-7-10-5-6-12(17)14(19)13(10)18/h5-6,9,11,15,17-19H,7-8H2,1-4H3. The zero-order valence-corrected chi connectivity index (χ0v) is 12.0. The van der Waals surface area contributed by atoms with E-state index in [1.807, 2.05) is 14.1 Å². The van der Waals surface area contributed by atoms with Gasteiger partial charge in [-0.05, 0) is 26.1 Å². The summed E-state index contributed by atoms with van der Waals surface area (Å²) in [6.45, 7) is 5.55. The number of nitrogens with one attached hydrogen (secondary N) is 1. The van der Waals surface area contributed by atoms with Crippen molar-refractivity contribution in [3.05, 3.63) is 17.7 Å². The van der Waals surface area contributed by atoms with Crippen molar-refractivity contribution in [1.29, 1.82) is 0 Å². The summed E-state index contributed by atoms with van der Waals surface area (Å²) in [7, 11) is 4.08. The highest BCUT2D eigenvalue weighted by molar-refractivity contribution is 5.52. The van der Waals surface area contributed by atoms with Crippen LogP contribution in [0.3, 0.4) is 0 Å². The van der Waals surface area contributed by atoms with Crippen LogP contribution < -0.4 is 5.32 Å². The summed E-state index contributed by atoms with van der Waals surface area (Å²) in [5.41, 5.74) is 0.566. The van der Waals surface area contributed by atoms with Crippen LogP contribution in [0.2, 0.25) is 0 Å². The molecule has 5 heteroatoms. The lowest BCUT2D eigenvalue weighted by Crippen LogP contribution is -2.41. The Hall–Kier alpha value is -1.46. The van der Waals surface area contributed by atoms with Crippen LogP contribution in [0.4, 0.5) is 0 Å². The fourth-order valence-corrected chi connectivity index (χ4v) is 2.12. The van der Waals surface area contributed by atoms with Gasteiger partial charge < -0.3 is 25.5 Å². The number of hydrogen-bond acceptors (Lipinski definition) is 5. The molecule has 4 N–H and O–H groups in total. The molecule has 19 heavy (non-hydrogen) atoms. The summed E-state index contributed by atoms with van der Waals surface area (Å²) < 4.78 is 0. The topological polar surface area (TPSA) is 76.0 Å². The number of nitrogens with zero attached hydrogens (tertiary/aromatic N) is 1. The van der Waals surface area contributed by atoms with E-state index in [-0.39, 0.29) is 11.5 Å². The number of aromatic hydroxyl groups is 3. The molecule has 0 saturated heterocycles. The normalized spacial score (nSPS) is 13.2. The molecular formula is C14H24N2O3. The molecule has 0 saturated carbocycles. The lowest BCUT2D eigenvalue weighted by atomic mass is 10.0. The number of likely N-dealkylation sites (N-methyl/N-ethyl adjacent to an activating group) is 1. The number of phenols is 3. The Labute approximate surface area is 114 Å². The summed E-state index contributed by atoms with van der Waals surface area (Å²) in [5.74, 6) is -0.523. The second-order valence-corrected chi connectivity index (χ2v) is 5.35. The van der Waals surface area contributed by atoms with Gasteiger partial charge in [0.25, 0.3) is 0 Å². The molecular weight excluding hydrogens is 244 g/mol. The quantitative estimate of drug-likeness (QED) is 0.588. The molecule has 0 aliphatic carbocycles. The third-order valence-electron chi connectivity index (χ3n) is 3.32. The fourth-order valence-electron chi connectivity index (χ4n) is 2.12. The van der Waals surface area contributed by atoms with Crippen LogP contribution >= 0.6 is 0 Å². The molecule has 1 atom stereocenters. The Bertz CT molecular complexity index is 411. The lowest BCUT2D eigenvalue weighted by Gasteiger charge is -2.28. The van der Waals surface area contributed by atoms with Crippen molar-refractivity contribution in [1.82, 2.24) is 10.2 Å². The van der Waals surface area contributed by atoms with E-state index in [9.17, 15) is 15.3 Å². The first kappa shape index (κ1) is 15.6. The molecule has 0 amide bonds. The predicted molar refractivity (Wildman–Crippen MR) is 75.5 cm³/mol. The summed E-state index contributed by atoms with van der Waals surface area (Å²) in [6.07, 6.45) is 0. The number of benzene rings is 1. The third kappa shape index (κ3) is 4.01. The number of rotatable bonds is 6. The van der Waals surface area contributed by atoms with Crippen LogP contribution in [0, 0.1) is 5.92 Å². The molecule has 0 radical (unpaired) electrons. The lowest BCUT2D eigenvalue weighted by molar-refractivity contribution is 0.224. The summed E-state index contributed by atoms with van der Waals surface area (Å²) in [6, 6.07) is 3.36. The zero-order chi connectivity index (χ0) is 14.6. The molecule has 108 valence electrons. The Morgan fingerprint density at radius 3 is 2.26 bits per heavy atom. The Morgan fingerprint density at radius 2 is 1.74 bits per heavy atom. The first-order chi connectivity index (χ1) is 8.84. The SMILES string of the molecule is CC(C)C(CNCc1ccc(O)c(O)c1O)N(C)C. The Kier molecular flexibility index (Phi) is 5.44. The minimum Gasteiger partial charge on any atom is -0.504 e. The van der Waals surface area contributed by atoms with Crippen LogP contribution in [0.1, 0.15) is 19.4 Å².